The topological polar surface area (TPSA) is 42.1 Å². The van der Waals surface area contributed by atoms with Gasteiger partial charge in [-0.05, 0) is 49.7 Å². The molecule has 2 N–H and O–H groups in total. The van der Waals surface area contributed by atoms with Crippen molar-refractivity contribution in [2.75, 3.05) is 18.0 Å². The smallest absolute Gasteiger partial charge is 0.128 e. The van der Waals surface area contributed by atoms with Gasteiger partial charge in [0.15, 0.2) is 0 Å². The van der Waals surface area contributed by atoms with Gasteiger partial charge in [-0.25, -0.2) is 4.98 Å². The largest absolute Gasteiger partial charge is 0.357 e. The molecule has 20 heavy (non-hydrogen) atoms. The van der Waals surface area contributed by atoms with Crippen LogP contribution in [-0.2, 0) is 0 Å². The third kappa shape index (κ3) is 2.83. The lowest BCUT2D eigenvalue weighted by molar-refractivity contribution is 0.144. The van der Waals surface area contributed by atoms with Crippen molar-refractivity contribution in [3.8, 4) is 0 Å². The van der Waals surface area contributed by atoms with E-state index in [4.69, 9.17) is 5.73 Å². The summed E-state index contributed by atoms with van der Waals surface area (Å²) in [6.45, 7) is 4.35. The summed E-state index contributed by atoms with van der Waals surface area (Å²) >= 11 is 0. The van der Waals surface area contributed by atoms with Crippen LogP contribution in [0.1, 0.15) is 63.5 Å². The molecule has 0 bridgehead atoms. The van der Waals surface area contributed by atoms with E-state index in [1.165, 1.54) is 58.0 Å². The van der Waals surface area contributed by atoms with Crippen molar-refractivity contribution in [3.63, 3.8) is 0 Å². The van der Waals surface area contributed by atoms with E-state index in [-0.39, 0.29) is 6.04 Å². The molecule has 110 valence electrons. The van der Waals surface area contributed by atoms with E-state index in [0.29, 0.717) is 5.41 Å². The molecule has 3 heteroatoms. The van der Waals surface area contributed by atoms with Gasteiger partial charge in [-0.2, -0.15) is 0 Å². The van der Waals surface area contributed by atoms with Crippen molar-refractivity contribution in [3.05, 3.63) is 23.9 Å². The predicted molar refractivity (Wildman–Crippen MR) is 83.8 cm³/mol. The molecular weight excluding hydrogens is 246 g/mol. The normalized spacial score (nSPS) is 23.8. The standard InChI is InChI=1S/C17H27N3/c1-14(18)15-5-6-16(19-13-15)20-11-9-17(10-12-20)7-3-2-4-8-17/h5-6,13-14H,2-4,7-12,18H2,1H3/t14-/m0/s1. The maximum atomic E-state index is 5.88. The zero-order chi connectivity index (χ0) is 14.0. The van der Waals surface area contributed by atoms with Crippen LogP contribution in [0.25, 0.3) is 0 Å². The first kappa shape index (κ1) is 13.9. The van der Waals surface area contributed by atoms with Gasteiger partial charge in [-0.1, -0.05) is 25.3 Å². The van der Waals surface area contributed by atoms with Gasteiger partial charge in [0.2, 0.25) is 0 Å². The quantitative estimate of drug-likeness (QED) is 0.894. The van der Waals surface area contributed by atoms with Crippen LogP contribution in [-0.4, -0.2) is 18.1 Å². The molecule has 1 atom stereocenters. The molecule has 1 aromatic heterocycles. The van der Waals surface area contributed by atoms with Crippen molar-refractivity contribution >= 4 is 5.82 Å². The number of nitrogens with two attached hydrogens (primary N) is 1. The minimum absolute atomic E-state index is 0.0726. The fourth-order valence-electron chi connectivity index (χ4n) is 3.87. The van der Waals surface area contributed by atoms with Gasteiger partial charge in [0.25, 0.3) is 0 Å². The lowest BCUT2D eigenvalue weighted by atomic mass is 9.68. The second kappa shape index (κ2) is 5.72. The summed E-state index contributed by atoms with van der Waals surface area (Å²) in [5.41, 5.74) is 7.67. The number of piperidine rings is 1. The van der Waals surface area contributed by atoms with Crippen molar-refractivity contribution in [2.24, 2.45) is 11.1 Å². The second-order valence-electron chi connectivity index (χ2n) is 6.79. The van der Waals surface area contributed by atoms with Crippen LogP contribution in [0.2, 0.25) is 0 Å². The molecule has 0 radical (unpaired) electrons. The highest BCUT2D eigenvalue weighted by Crippen LogP contribution is 2.44. The van der Waals surface area contributed by atoms with Crippen molar-refractivity contribution in [1.82, 2.24) is 4.98 Å². The fraction of sp³-hybridized carbons (Fsp3) is 0.706. The van der Waals surface area contributed by atoms with Crippen LogP contribution < -0.4 is 10.6 Å². The molecule has 1 saturated carbocycles. The lowest BCUT2D eigenvalue weighted by Gasteiger charge is -2.44. The monoisotopic (exact) mass is 273 g/mol. The Hall–Kier alpha value is -1.09. The number of hydrogen-bond donors (Lipinski definition) is 1. The van der Waals surface area contributed by atoms with Gasteiger partial charge in [0, 0.05) is 25.3 Å². The average Bonchev–Trinajstić information content (AvgIpc) is 2.49. The third-order valence-electron chi connectivity index (χ3n) is 5.36. The van der Waals surface area contributed by atoms with E-state index in [1.807, 2.05) is 13.1 Å². The number of pyridine rings is 1. The number of aromatic nitrogens is 1. The number of nitrogens with zero attached hydrogens (tertiary/aromatic N) is 2. The molecule has 1 aliphatic carbocycles. The van der Waals surface area contributed by atoms with Gasteiger partial charge < -0.3 is 10.6 Å². The SMILES string of the molecule is C[C@H](N)c1ccc(N2CCC3(CCCCC3)CC2)nc1. The van der Waals surface area contributed by atoms with E-state index < -0.39 is 0 Å². The molecule has 0 aromatic carbocycles. The van der Waals surface area contributed by atoms with Gasteiger partial charge in [0.1, 0.15) is 5.82 Å². The van der Waals surface area contributed by atoms with Crippen molar-refractivity contribution in [2.45, 2.75) is 57.9 Å². The van der Waals surface area contributed by atoms with E-state index >= 15 is 0 Å². The molecule has 3 nitrogen and oxygen atoms in total. The van der Waals surface area contributed by atoms with Crippen LogP contribution in [0.4, 0.5) is 5.82 Å². The van der Waals surface area contributed by atoms with Gasteiger partial charge >= 0.3 is 0 Å². The Labute approximate surface area is 122 Å². The highest BCUT2D eigenvalue weighted by molar-refractivity contribution is 5.40. The van der Waals surface area contributed by atoms with E-state index in [9.17, 15) is 0 Å². The van der Waals surface area contributed by atoms with E-state index in [0.717, 1.165) is 11.4 Å². The van der Waals surface area contributed by atoms with Crippen LogP contribution in [0, 0.1) is 5.41 Å². The highest BCUT2D eigenvalue weighted by atomic mass is 15.2. The van der Waals surface area contributed by atoms with Crippen molar-refractivity contribution in [1.29, 1.82) is 0 Å². The summed E-state index contributed by atoms with van der Waals surface area (Å²) in [5.74, 6) is 1.13. The molecule has 2 aliphatic rings. The van der Waals surface area contributed by atoms with Crippen LogP contribution in [0.3, 0.4) is 0 Å². The number of rotatable bonds is 2. The maximum absolute atomic E-state index is 5.88. The molecule has 2 fully saturated rings. The minimum Gasteiger partial charge on any atom is -0.357 e. The molecular formula is C17H27N3. The zero-order valence-electron chi connectivity index (χ0n) is 12.6. The summed E-state index contributed by atoms with van der Waals surface area (Å²) < 4.78 is 0. The van der Waals surface area contributed by atoms with E-state index in [1.54, 1.807) is 0 Å². The van der Waals surface area contributed by atoms with Gasteiger partial charge in [0.05, 0.1) is 0 Å². The number of anilines is 1. The average molecular weight is 273 g/mol. The maximum Gasteiger partial charge on any atom is 0.128 e. The summed E-state index contributed by atoms with van der Waals surface area (Å²) in [4.78, 5) is 7.05. The first-order chi connectivity index (χ1) is 9.69. The zero-order valence-corrected chi connectivity index (χ0v) is 12.6. The molecule has 1 aromatic rings. The number of hydrogen-bond acceptors (Lipinski definition) is 3. The molecule has 0 unspecified atom stereocenters. The minimum atomic E-state index is 0.0726. The molecule has 0 amide bonds. The Morgan fingerprint density at radius 3 is 2.35 bits per heavy atom. The first-order valence-electron chi connectivity index (χ1n) is 8.15. The third-order valence-corrected chi connectivity index (χ3v) is 5.36. The molecule has 1 aliphatic heterocycles. The predicted octanol–water partition coefficient (Wildman–Crippen LogP) is 3.65. The Morgan fingerprint density at radius 1 is 1.10 bits per heavy atom. The van der Waals surface area contributed by atoms with E-state index in [2.05, 4.69) is 22.0 Å². The molecule has 1 spiro atoms. The first-order valence-corrected chi connectivity index (χ1v) is 8.15. The second-order valence-corrected chi connectivity index (χ2v) is 6.79. The molecule has 2 heterocycles. The fourth-order valence-corrected chi connectivity index (χ4v) is 3.87. The summed E-state index contributed by atoms with van der Waals surface area (Å²) in [6.07, 6.45) is 11.9. The lowest BCUT2D eigenvalue weighted by Crippen LogP contribution is -2.41. The van der Waals surface area contributed by atoms with Crippen LogP contribution >= 0.6 is 0 Å². The highest BCUT2D eigenvalue weighted by Gasteiger charge is 2.35. The molecule has 3 rings (SSSR count). The van der Waals surface area contributed by atoms with Gasteiger partial charge in [-0.3, -0.25) is 0 Å². The van der Waals surface area contributed by atoms with Crippen molar-refractivity contribution < 1.29 is 0 Å². The van der Waals surface area contributed by atoms with Gasteiger partial charge in [-0.15, -0.1) is 0 Å². The Kier molecular flexibility index (Phi) is 3.97. The van der Waals surface area contributed by atoms with Crippen LogP contribution in [0.15, 0.2) is 18.3 Å². The summed E-state index contributed by atoms with van der Waals surface area (Å²) in [6, 6.07) is 4.33. The summed E-state index contributed by atoms with van der Waals surface area (Å²) in [5, 5.41) is 0. The molecule has 1 saturated heterocycles. The Bertz CT molecular complexity index is 422. The Morgan fingerprint density at radius 2 is 1.80 bits per heavy atom. The van der Waals surface area contributed by atoms with Crippen LogP contribution in [0.5, 0.6) is 0 Å². The summed E-state index contributed by atoms with van der Waals surface area (Å²) in [7, 11) is 0. The Balaban J connectivity index is 1.62.